The molecule has 0 saturated carbocycles. The zero-order valence-corrected chi connectivity index (χ0v) is 13.5. The van der Waals surface area contributed by atoms with Crippen molar-refractivity contribution >= 4 is 17.6 Å². The van der Waals surface area contributed by atoms with Crippen molar-refractivity contribution in [3.05, 3.63) is 29.8 Å². The summed E-state index contributed by atoms with van der Waals surface area (Å²) in [5, 5.41) is 1.12. The first-order chi connectivity index (χ1) is 10.5. The van der Waals surface area contributed by atoms with Crippen LogP contribution in [0.3, 0.4) is 0 Å². The van der Waals surface area contributed by atoms with Crippen LogP contribution < -0.4 is 4.90 Å². The van der Waals surface area contributed by atoms with Gasteiger partial charge in [0.05, 0.1) is 6.04 Å². The minimum atomic E-state index is -0.494. The maximum atomic E-state index is 11.6. The maximum absolute atomic E-state index is 11.6. The highest BCUT2D eigenvalue weighted by molar-refractivity contribution is 5.75. The summed E-state index contributed by atoms with van der Waals surface area (Å²) in [6, 6.07) is 7.82. The van der Waals surface area contributed by atoms with Crippen molar-refractivity contribution in [1.82, 2.24) is 5.06 Å². The molecular formula is C17H24N2O3. The fourth-order valence-corrected chi connectivity index (χ4v) is 2.81. The predicted octanol–water partition coefficient (Wildman–Crippen LogP) is 3.06. The molecule has 1 fully saturated rings. The molecule has 2 rings (SSSR count). The van der Waals surface area contributed by atoms with Gasteiger partial charge in [-0.25, -0.2) is 0 Å². The van der Waals surface area contributed by atoms with Crippen molar-refractivity contribution in [1.29, 1.82) is 0 Å². The molecule has 1 aliphatic rings. The highest BCUT2D eigenvalue weighted by atomic mass is 16.7. The lowest BCUT2D eigenvalue weighted by Gasteiger charge is -2.30. The SMILES string of the molecule is CC(=O)ON(C(C)=O)C(C)c1ccc(N2CCCCC2)cc1. The van der Waals surface area contributed by atoms with E-state index in [4.69, 9.17) is 4.84 Å². The summed E-state index contributed by atoms with van der Waals surface area (Å²) < 4.78 is 0. The Hall–Kier alpha value is -2.04. The normalized spacial score (nSPS) is 16.0. The zero-order chi connectivity index (χ0) is 16.1. The van der Waals surface area contributed by atoms with E-state index in [9.17, 15) is 9.59 Å². The van der Waals surface area contributed by atoms with Crippen LogP contribution in [-0.2, 0) is 14.4 Å². The van der Waals surface area contributed by atoms with E-state index in [0.29, 0.717) is 0 Å². The molecule has 1 unspecified atom stereocenters. The molecule has 0 spiro atoms. The van der Waals surface area contributed by atoms with Gasteiger partial charge in [-0.15, -0.1) is 0 Å². The molecule has 1 heterocycles. The number of hydrogen-bond donors (Lipinski definition) is 0. The van der Waals surface area contributed by atoms with Crippen LogP contribution in [0.1, 0.15) is 51.6 Å². The maximum Gasteiger partial charge on any atom is 0.329 e. The number of rotatable bonds is 3. The Kier molecular flexibility index (Phi) is 5.41. The number of carbonyl (C=O) groups excluding carboxylic acids is 2. The summed E-state index contributed by atoms with van der Waals surface area (Å²) in [6.07, 6.45) is 3.78. The van der Waals surface area contributed by atoms with Crippen molar-refractivity contribution in [3.63, 3.8) is 0 Å². The quantitative estimate of drug-likeness (QED) is 0.805. The monoisotopic (exact) mass is 304 g/mol. The van der Waals surface area contributed by atoms with Crippen LogP contribution in [0, 0.1) is 0 Å². The Labute approximate surface area is 131 Å². The number of amides is 1. The fraction of sp³-hybridized carbons (Fsp3) is 0.529. The van der Waals surface area contributed by atoms with Crippen LogP contribution in [0.2, 0.25) is 0 Å². The number of nitrogens with zero attached hydrogens (tertiary/aromatic N) is 2. The van der Waals surface area contributed by atoms with E-state index < -0.39 is 5.97 Å². The summed E-state index contributed by atoms with van der Waals surface area (Å²) in [5.74, 6) is -0.783. The molecule has 0 radical (unpaired) electrons. The molecule has 0 aliphatic carbocycles. The second kappa shape index (κ2) is 7.29. The van der Waals surface area contributed by atoms with Crippen molar-refractivity contribution in [2.24, 2.45) is 0 Å². The highest BCUT2D eigenvalue weighted by Crippen LogP contribution is 2.25. The van der Waals surface area contributed by atoms with Gasteiger partial charge >= 0.3 is 5.97 Å². The summed E-state index contributed by atoms with van der Waals surface area (Å²) >= 11 is 0. The molecule has 120 valence electrons. The number of hydroxylamine groups is 2. The Morgan fingerprint density at radius 3 is 2.18 bits per heavy atom. The molecule has 1 aromatic rings. The van der Waals surface area contributed by atoms with Gasteiger partial charge in [0.1, 0.15) is 0 Å². The molecule has 5 heteroatoms. The molecule has 0 N–H and O–H groups in total. The van der Waals surface area contributed by atoms with Crippen molar-refractivity contribution < 1.29 is 14.4 Å². The van der Waals surface area contributed by atoms with Gasteiger partial charge in [0, 0.05) is 32.6 Å². The summed E-state index contributed by atoms with van der Waals surface area (Å²) in [5.41, 5.74) is 2.15. The molecule has 5 nitrogen and oxygen atoms in total. The van der Waals surface area contributed by atoms with Gasteiger partial charge in [-0.2, -0.15) is 5.06 Å². The molecule has 0 bridgehead atoms. The van der Waals surface area contributed by atoms with Crippen molar-refractivity contribution in [2.75, 3.05) is 18.0 Å². The van der Waals surface area contributed by atoms with Crippen LogP contribution in [0.15, 0.2) is 24.3 Å². The van der Waals surface area contributed by atoms with Crippen LogP contribution >= 0.6 is 0 Å². The number of hydrogen-bond acceptors (Lipinski definition) is 4. The predicted molar refractivity (Wildman–Crippen MR) is 85.2 cm³/mol. The second-order valence-corrected chi connectivity index (χ2v) is 5.74. The molecule has 1 saturated heterocycles. The number of benzene rings is 1. The lowest BCUT2D eigenvalue weighted by molar-refractivity contribution is -0.203. The molecular weight excluding hydrogens is 280 g/mol. The van der Waals surface area contributed by atoms with Crippen LogP contribution in [0.25, 0.3) is 0 Å². The minimum Gasteiger partial charge on any atom is -0.372 e. The smallest absolute Gasteiger partial charge is 0.329 e. The Balaban J connectivity index is 2.10. The van der Waals surface area contributed by atoms with Gasteiger partial charge in [-0.1, -0.05) is 12.1 Å². The topological polar surface area (TPSA) is 49.9 Å². The number of carbonyl (C=O) groups is 2. The van der Waals surface area contributed by atoms with E-state index in [1.165, 1.54) is 38.8 Å². The van der Waals surface area contributed by atoms with E-state index in [-0.39, 0.29) is 11.9 Å². The van der Waals surface area contributed by atoms with Gasteiger partial charge < -0.3 is 9.74 Å². The van der Waals surface area contributed by atoms with Gasteiger partial charge in [-0.05, 0) is 43.9 Å². The average molecular weight is 304 g/mol. The molecule has 1 aromatic carbocycles. The average Bonchev–Trinajstić information content (AvgIpc) is 2.52. The first-order valence-corrected chi connectivity index (χ1v) is 7.82. The van der Waals surface area contributed by atoms with Crippen molar-refractivity contribution in [2.45, 2.75) is 46.1 Å². The van der Waals surface area contributed by atoms with Crippen molar-refractivity contribution in [3.8, 4) is 0 Å². The third-order valence-corrected chi connectivity index (χ3v) is 3.99. The molecule has 1 amide bonds. The third kappa shape index (κ3) is 4.00. The van der Waals surface area contributed by atoms with Gasteiger partial charge in [0.15, 0.2) is 0 Å². The largest absolute Gasteiger partial charge is 0.372 e. The van der Waals surface area contributed by atoms with Crippen LogP contribution in [0.5, 0.6) is 0 Å². The van der Waals surface area contributed by atoms with E-state index in [1.54, 1.807) is 0 Å². The minimum absolute atomic E-state index is 0.289. The molecule has 1 aliphatic heterocycles. The van der Waals surface area contributed by atoms with E-state index in [2.05, 4.69) is 17.0 Å². The Morgan fingerprint density at radius 2 is 1.68 bits per heavy atom. The van der Waals surface area contributed by atoms with E-state index >= 15 is 0 Å². The highest BCUT2D eigenvalue weighted by Gasteiger charge is 2.22. The van der Waals surface area contributed by atoms with Gasteiger partial charge in [-0.3, -0.25) is 9.59 Å². The number of piperidine rings is 1. The van der Waals surface area contributed by atoms with E-state index in [1.807, 2.05) is 19.1 Å². The first-order valence-electron chi connectivity index (χ1n) is 7.82. The summed E-state index contributed by atoms with van der Waals surface area (Å²) in [7, 11) is 0. The van der Waals surface area contributed by atoms with Crippen LogP contribution in [-0.4, -0.2) is 30.0 Å². The molecule has 0 aromatic heterocycles. The summed E-state index contributed by atoms with van der Waals surface area (Å²) in [6.45, 7) is 6.73. The first kappa shape index (κ1) is 16.3. The summed E-state index contributed by atoms with van der Waals surface area (Å²) in [4.78, 5) is 30.2. The van der Waals surface area contributed by atoms with Gasteiger partial charge in [0.25, 0.3) is 5.91 Å². The fourth-order valence-electron chi connectivity index (χ4n) is 2.81. The second-order valence-electron chi connectivity index (χ2n) is 5.74. The molecule has 1 atom stereocenters. The van der Waals surface area contributed by atoms with Gasteiger partial charge in [0.2, 0.25) is 0 Å². The van der Waals surface area contributed by atoms with Crippen LogP contribution in [0.4, 0.5) is 5.69 Å². The Morgan fingerprint density at radius 1 is 1.09 bits per heavy atom. The third-order valence-electron chi connectivity index (χ3n) is 3.99. The molecule has 22 heavy (non-hydrogen) atoms. The number of anilines is 1. The lowest BCUT2D eigenvalue weighted by Crippen LogP contribution is -2.33. The zero-order valence-electron chi connectivity index (χ0n) is 13.5. The standard InChI is InChI=1S/C17H24N2O3/c1-13(19(14(2)20)22-15(3)21)16-7-9-17(10-8-16)18-11-5-4-6-12-18/h7-10,13H,4-6,11-12H2,1-3H3. The van der Waals surface area contributed by atoms with E-state index in [0.717, 1.165) is 23.7 Å². The lowest BCUT2D eigenvalue weighted by atomic mass is 10.1. The Bertz CT molecular complexity index is 521.